The lowest BCUT2D eigenvalue weighted by molar-refractivity contribution is -0.132. The molecule has 0 bridgehead atoms. The van der Waals surface area contributed by atoms with E-state index in [4.69, 9.17) is 0 Å². The Kier molecular flexibility index (Phi) is 6.67. The van der Waals surface area contributed by atoms with Crippen molar-refractivity contribution < 1.29 is 4.79 Å². The van der Waals surface area contributed by atoms with Crippen LogP contribution >= 0.6 is 11.8 Å². The van der Waals surface area contributed by atoms with E-state index in [-0.39, 0.29) is 0 Å². The quantitative estimate of drug-likeness (QED) is 0.521. The number of imidazole rings is 1. The van der Waals surface area contributed by atoms with Crippen molar-refractivity contribution in [2.24, 2.45) is 5.92 Å². The average molecular weight is 406 g/mol. The third-order valence-corrected chi connectivity index (χ3v) is 6.51. The van der Waals surface area contributed by atoms with E-state index >= 15 is 0 Å². The first-order valence-electron chi connectivity index (χ1n) is 10.3. The minimum atomic E-state index is 0.291. The highest BCUT2D eigenvalue weighted by Crippen LogP contribution is 2.24. The molecule has 1 aliphatic rings. The topological polar surface area (TPSA) is 38.1 Å². The Morgan fingerprint density at radius 3 is 2.41 bits per heavy atom. The molecule has 2 heterocycles. The standard InChI is InChI=1S/C24H27N3OS/c28-23(13-18-29-22-9-5-2-6-10-22)26-15-11-20(12-16-26)19-27-17-14-25-24(27)21-7-3-1-4-8-21/h1-10,14,17,20H,11-13,15-16,18-19H2. The monoisotopic (exact) mass is 405 g/mol. The first-order chi connectivity index (χ1) is 14.3. The highest BCUT2D eigenvalue weighted by Gasteiger charge is 2.23. The van der Waals surface area contributed by atoms with Gasteiger partial charge in [-0.25, -0.2) is 4.98 Å². The smallest absolute Gasteiger partial charge is 0.223 e. The van der Waals surface area contributed by atoms with E-state index in [2.05, 4.69) is 52.1 Å². The molecule has 0 spiro atoms. The molecule has 1 saturated heterocycles. The van der Waals surface area contributed by atoms with Gasteiger partial charge in [0.2, 0.25) is 5.91 Å². The fourth-order valence-electron chi connectivity index (χ4n) is 3.88. The largest absolute Gasteiger partial charge is 0.343 e. The summed E-state index contributed by atoms with van der Waals surface area (Å²) in [4.78, 5) is 20.4. The maximum Gasteiger partial charge on any atom is 0.223 e. The van der Waals surface area contributed by atoms with Gasteiger partial charge in [-0.2, -0.15) is 0 Å². The molecule has 0 N–H and O–H groups in total. The third kappa shape index (κ3) is 5.30. The van der Waals surface area contributed by atoms with E-state index in [1.54, 1.807) is 11.8 Å². The van der Waals surface area contributed by atoms with Gasteiger partial charge in [-0.15, -0.1) is 11.8 Å². The van der Waals surface area contributed by atoms with E-state index in [1.165, 1.54) is 4.90 Å². The van der Waals surface area contributed by atoms with Crippen molar-refractivity contribution in [3.05, 3.63) is 73.1 Å². The van der Waals surface area contributed by atoms with Crippen LogP contribution < -0.4 is 0 Å². The number of hydrogen-bond donors (Lipinski definition) is 0. The van der Waals surface area contributed by atoms with Crippen LogP contribution in [0.4, 0.5) is 0 Å². The van der Waals surface area contributed by atoms with Crippen LogP contribution in [0, 0.1) is 5.92 Å². The molecule has 5 heteroatoms. The van der Waals surface area contributed by atoms with Crippen molar-refractivity contribution in [2.75, 3.05) is 18.8 Å². The molecule has 3 aromatic rings. The molecular formula is C24H27N3OS. The zero-order valence-corrected chi connectivity index (χ0v) is 17.4. The molecule has 0 aliphatic carbocycles. The van der Waals surface area contributed by atoms with Crippen LogP contribution in [0.5, 0.6) is 0 Å². The number of piperidine rings is 1. The van der Waals surface area contributed by atoms with E-state index in [1.807, 2.05) is 35.4 Å². The van der Waals surface area contributed by atoms with Crippen molar-refractivity contribution >= 4 is 17.7 Å². The Morgan fingerprint density at radius 1 is 1.00 bits per heavy atom. The summed E-state index contributed by atoms with van der Waals surface area (Å²) in [5.41, 5.74) is 1.15. The van der Waals surface area contributed by atoms with Gasteiger partial charge in [0.1, 0.15) is 5.82 Å². The molecule has 0 saturated carbocycles. The number of carbonyl (C=O) groups is 1. The minimum absolute atomic E-state index is 0.291. The number of thioether (sulfide) groups is 1. The normalized spacial score (nSPS) is 14.8. The fourth-order valence-corrected chi connectivity index (χ4v) is 4.74. The Balaban J connectivity index is 1.24. The first-order valence-corrected chi connectivity index (χ1v) is 11.3. The molecule has 0 unspecified atom stereocenters. The number of carbonyl (C=O) groups excluding carboxylic acids is 1. The molecule has 1 fully saturated rings. The van der Waals surface area contributed by atoms with Gasteiger partial charge in [-0.1, -0.05) is 48.5 Å². The average Bonchev–Trinajstić information content (AvgIpc) is 3.24. The molecule has 150 valence electrons. The lowest BCUT2D eigenvalue weighted by Gasteiger charge is -2.32. The van der Waals surface area contributed by atoms with Gasteiger partial charge in [0.25, 0.3) is 0 Å². The number of hydrogen-bond acceptors (Lipinski definition) is 3. The third-order valence-electron chi connectivity index (χ3n) is 5.50. The van der Waals surface area contributed by atoms with Crippen LogP contribution in [-0.2, 0) is 11.3 Å². The van der Waals surface area contributed by atoms with E-state index in [9.17, 15) is 4.79 Å². The van der Waals surface area contributed by atoms with Crippen LogP contribution in [0.2, 0.25) is 0 Å². The highest BCUT2D eigenvalue weighted by atomic mass is 32.2. The lowest BCUT2D eigenvalue weighted by atomic mass is 9.96. The van der Waals surface area contributed by atoms with Crippen molar-refractivity contribution in [3.8, 4) is 11.4 Å². The number of amides is 1. The van der Waals surface area contributed by atoms with Gasteiger partial charge in [-0.05, 0) is 30.9 Å². The Morgan fingerprint density at radius 2 is 1.69 bits per heavy atom. The van der Waals surface area contributed by atoms with Gasteiger partial charge in [-0.3, -0.25) is 4.79 Å². The summed E-state index contributed by atoms with van der Waals surface area (Å²) in [6.07, 6.45) is 6.68. The minimum Gasteiger partial charge on any atom is -0.343 e. The molecule has 4 rings (SSSR count). The molecule has 0 radical (unpaired) electrons. The van der Waals surface area contributed by atoms with Crippen LogP contribution in [0.1, 0.15) is 19.3 Å². The molecule has 29 heavy (non-hydrogen) atoms. The van der Waals surface area contributed by atoms with Crippen molar-refractivity contribution in [1.29, 1.82) is 0 Å². The number of likely N-dealkylation sites (tertiary alicyclic amines) is 1. The maximum atomic E-state index is 12.5. The summed E-state index contributed by atoms with van der Waals surface area (Å²) >= 11 is 1.76. The van der Waals surface area contributed by atoms with Gasteiger partial charge in [0, 0.05) is 54.7 Å². The Hall–Kier alpha value is -2.53. The van der Waals surface area contributed by atoms with E-state index in [0.29, 0.717) is 18.2 Å². The number of benzene rings is 2. The van der Waals surface area contributed by atoms with Crippen LogP contribution in [-0.4, -0.2) is 39.2 Å². The summed E-state index contributed by atoms with van der Waals surface area (Å²) in [6, 6.07) is 20.6. The molecule has 4 nitrogen and oxygen atoms in total. The number of nitrogens with zero attached hydrogens (tertiary/aromatic N) is 3. The van der Waals surface area contributed by atoms with Crippen molar-refractivity contribution in [1.82, 2.24) is 14.5 Å². The van der Waals surface area contributed by atoms with E-state index < -0.39 is 0 Å². The molecular weight excluding hydrogens is 378 g/mol. The zero-order chi connectivity index (χ0) is 19.9. The van der Waals surface area contributed by atoms with Gasteiger partial charge < -0.3 is 9.47 Å². The summed E-state index contributed by atoms with van der Waals surface area (Å²) in [7, 11) is 0. The van der Waals surface area contributed by atoms with Gasteiger partial charge >= 0.3 is 0 Å². The second kappa shape index (κ2) is 9.79. The SMILES string of the molecule is O=C(CCSc1ccccc1)N1CCC(Cn2ccnc2-c2ccccc2)CC1. The summed E-state index contributed by atoms with van der Waals surface area (Å²) < 4.78 is 2.26. The second-order valence-electron chi connectivity index (χ2n) is 7.50. The summed E-state index contributed by atoms with van der Waals surface area (Å²) in [6.45, 7) is 2.71. The van der Waals surface area contributed by atoms with Gasteiger partial charge in [0.05, 0.1) is 0 Å². The molecule has 0 atom stereocenters. The van der Waals surface area contributed by atoms with Crippen molar-refractivity contribution in [2.45, 2.75) is 30.7 Å². The molecule has 1 amide bonds. The van der Waals surface area contributed by atoms with Crippen LogP contribution in [0.15, 0.2) is 78.0 Å². The Bertz CT molecular complexity index is 902. The van der Waals surface area contributed by atoms with Gasteiger partial charge in [0.15, 0.2) is 0 Å². The molecule has 2 aromatic carbocycles. The maximum absolute atomic E-state index is 12.5. The van der Waals surface area contributed by atoms with E-state index in [0.717, 1.165) is 49.6 Å². The molecule has 1 aliphatic heterocycles. The summed E-state index contributed by atoms with van der Waals surface area (Å²) in [5, 5.41) is 0. The summed E-state index contributed by atoms with van der Waals surface area (Å²) in [5.74, 6) is 2.76. The predicted molar refractivity (Wildman–Crippen MR) is 119 cm³/mol. The van der Waals surface area contributed by atoms with Crippen LogP contribution in [0.3, 0.4) is 0 Å². The fraction of sp³-hybridized carbons (Fsp3) is 0.333. The first kappa shape index (κ1) is 19.8. The second-order valence-corrected chi connectivity index (χ2v) is 8.67. The predicted octanol–water partition coefficient (Wildman–Crippen LogP) is 4.97. The number of aromatic nitrogens is 2. The highest BCUT2D eigenvalue weighted by molar-refractivity contribution is 7.99. The zero-order valence-electron chi connectivity index (χ0n) is 16.6. The van der Waals surface area contributed by atoms with Crippen molar-refractivity contribution in [3.63, 3.8) is 0 Å². The number of rotatable bonds is 7. The van der Waals surface area contributed by atoms with Crippen LogP contribution in [0.25, 0.3) is 11.4 Å². The Labute approximate surface area is 177 Å². The lowest BCUT2D eigenvalue weighted by Crippen LogP contribution is -2.39. The molecule has 1 aromatic heterocycles.